The van der Waals surface area contributed by atoms with Gasteiger partial charge < -0.3 is 14.6 Å². The number of hydrogen-bond acceptors (Lipinski definition) is 4. The van der Waals surface area contributed by atoms with E-state index in [1.807, 2.05) is 80.6 Å². The zero-order chi connectivity index (χ0) is 19.5. The molecule has 1 aromatic heterocycles. The van der Waals surface area contributed by atoms with Crippen LogP contribution in [0.3, 0.4) is 0 Å². The molecule has 0 spiro atoms. The number of rotatable bonds is 5. The van der Waals surface area contributed by atoms with Crippen LogP contribution in [0.5, 0.6) is 5.75 Å². The van der Waals surface area contributed by atoms with E-state index in [9.17, 15) is 4.79 Å². The lowest BCUT2D eigenvalue weighted by Crippen LogP contribution is -2.12. The zero-order valence-corrected chi connectivity index (χ0v) is 15.7. The number of hydrogen-bond donors (Lipinski definition) is 1. The van der Waals surface area contributed by atoms with Gasteiger partial charge in [-0.05, 0) is 49.6 Å². The van der Waals surface area contributed by atoms with E-state index in [0.717, 1.165) is 27.8 Å². The summed E-state index contributed by atoms with van der Waals surface area (Å²) in [5.74, 6) is 0.998. The maximum atomic E-state index is 12.6. The van der Waals surface area contributed by atoms with Crippen LogP contribution in [0.2, 0.25) is 0 Å². The van der Waals surface area contributed by atoms with Gasteiger partial charge in [-0.3, -0.25) is 4.79 Å². The number of ether oxygens (including phenoxy) is 1. The summed E-state index contributed by atoms with van der Waals surface area (Å²) in [6.07, 6.45) is 0.112. The summed E-state index contributed by atoms with van der Waals surface area (Å²) in [5.41, 5.74) is 1.79. The summed E-state index contributed by atoms with van der Waals surface area (Å²) in [6.45, 7) is 3.95. The molecule has 0 saturated heterocycles. The maximum Gasteiger partial charge on any atom is 0.277 e. The van der Waals surface area contributed by atoms with Crippen LogP contribution in [0.15, 0.2) is 77.3 Å². The van der Waals surface area contributed by atoms with Crippen LogP contribution in [0.1, 0.15) is 24.3 Å². The Balaban J connectivity index is 1.53. The van der Waals surface area contributed by atoms with Crippen molar-refractivity contribution in [1.82, 2.24) is 5.16 Å². The number of nitrogens with zero attached hydrogens (tertiary/aromatic N) is 1. The minimum Gasteiger partial charge on any atom is -0.491 e. The lowest BCUT2D eigenvalue weighted by molar-refractivity contribution is 0.101. The third-order valence-corrected chi connectivity index (χ3v) is 4.29. The largest absolute Gasteiger partial charge is 0.491 e. The van der Waals surface area contributed by atoms with E-state index < -0.39 is 0 Å². The number of fused-ring (bicyclic) bond motifs is 1. The quantitative estimate of drug-likeness (QED) is 0.500. The van der Waals surface area contributed by atoms with Crippen LogP contribution in [0.25, 0.3) is 22.1 Å². The molecular formula is C23H20N2O3. The summed E-state index contributed by atoms with van der Waals surface area (Å²) in [6, 6.07) is 22.8. The Kier molecular flexibility index (Phi) is 4.81. The van der Waals surface area contributed by atoms with Crippen LogP contribution in [-0.4, -0.2) is 17.2 Å². The van der Waals surface area contributed by atoms with Crippen molar-refractivity contribution >= 4 is 22.4 Å². The topological polar surface area (TPSA) is 64.4 Å². The second-order valence-electron chi connectivity index (χ2n) is 6.75. The number of aromatic nitrogens is 1. The summed E-state index contributed by atoms with van der Waals surface area (Å²) in [7, 11) is 0. The van der Waals surface area contributed by atoms with Gasteiger partial charge in [0.05, 0.1) is 6.10 Å². The Labute approximate surface area is 162 Å². The standard InChI is InChI=1S/C23H20N2O3/c1-15(2)27-18-12-10-17(11-13-18)22-14-21(25-28-22)23(26)24-20-9-5-7-16-6-3-4-8-19(16)20/h3-15H,1-2H3,(H,24,26). The number of benzene rings is 3. The monoisotopic (exact) mass is 372 g/mol. The van der Waals surface area contributed by atoms with Crippen molar-refractivity contribution in [2.24, 2.45) is 0 Å². The van der Waals surface area contributed by atoms with Gasteiger partial charge in [0.2, 0.25) is 0 Å². The molecule has 0 fully saturated rings. The summed E-state index contributed by atoms with van der Waals surface area (Å²) in [5, 5.41) is 8.87. The minimum atomic E-state index is -0.314. The van der Waals surface area contributed by atoms with Crippen molar-refractivity contribution < 1.29 is 14.1 Å². The van der Waals surface area contributed by atoms with Gasteiger partial charge in [0, 0.05) is 22.7 Å². The highest BCUT2D eigenvalue weighted by Gasteiger charge is 2.15. The Morgan fingerprint density at radius 3 is 2.54 bits per heavy atom. The third-order valence-electron chi connectivity index (χ3n) is 4.29. The van der Waals surface area contributed by atoms with Gasteiger partial charge in [0.15, 0.2) is 11.5 Å². The molecule has 28 heavy (non-hydrogen) atoms. The highest BCUT2D eigenvalue weighted by atomic mass is 16.5. The SMILES string of the molecule is CC(C)Oc1ccc(-c2cc(C(=O)Nc3cccc4ccccc34)no2)cc1. The molecule has 5 heteroatoms. The maximum absolute atomic E-state index is 12.6. The van der Waals surface area contributed by atoms with Crippen LogP contribution < -0.4 is 10.1 Å². The average Bonchev–Trinajstić information content (AvgIpc) is 3.19. The molecule has 0 aliphatic heterocycles. The third kappa shape index (κ3) is 3.74. The molecule has 1 heterocycles. The van der Waals surface area contributed by atoms with Crippen molar-refractivity contribution in [3.8, 4) is 17.1 Å². The van der Waals surface area contributed by atoms with E-state index in [1.54, 1.807) is 6.07 Å². The van der Waals surface area contributed by atoms with Gasteiger partial charge >= 0.3 is 0 Å². The van der Waals surface area contributed by atoms with Crippen LogP contribution in [0, 0.1) is 0 Å². The Morgan fingerprint density at radius 2 is 1.75 bits per heavy atom. The van der Waals surface area contributed by atoms with Crippen molar-refractivity contribution in [3.05, 3.63) is 78.5 Å². The second-order valence-corrected chi connectivity index (χ2v) is 6.75. The molecule has 0 unspecified atom stereocenters. The summed E-state index contributed by atoms with van der Waals surface area (Å²) < 4.78 is 11.0. The van der Waals surface area contributed by atoms with Crippen LogP contribution >= 0.6 is 0 Å². The predicted octanol–water partition coefficient (Wildman–Crippen LogP) is 5.53. The van der Waals surface area contributed by atoms with Gasteiger partial charge in [-0.15, -0.1) is 0 Å². The molecule has 1 N–H and O–H groups in total. The summed E-state index contributed by atoms with van der Waals surface area (Å²) >= 11 is 0. The molecule has 0 saturated carbocycles. The smallest absolute Gasteiger partial charge is 0.277 e. The van der Waals surface area contributed by atoms with E-state index in [1.165, 1.54) is 0 Å². The number of nitrogens with one attached hydrogen (secondary N) is 1. The first kappa shape index (κ1) is 17.8. The highest BCUT2D eigenvalue weighted by molar-refractivity contribution is 6.08. The molecule has 0 radical (unpaired) electrons. The molecule has 5 nitrogen and oxygen atoms in total. The molecule has 0 bridgehead atoms. The minimum absolute atomic E-state index is 0.112. The van der Waals surface area contributed by atoms with Gasteiger partial charge in [0.1, 0.15) is 5.75 Å². The van der Waals surface area contributed by atoms with Crippen LogP contribution in [0.4, 0.5) is 5.69 Å². The molecule has 4 rings (SSSR count). The van der Waals surface area contributed by atoms with Crippen molar-refractivity contribution in [2.75, 3.05) is 5.32 Å². The van der Waals surface area contributed by atoms with E-state index in [-0.39, 0.29) is 17.7 Å². The van der Waals surface area contributed by atoms with Crippen LogP contribution in [-0.2, 0) is 0 Å². The number of anilines is 1. The van der Waals surface area contributed by atoms with E-state index in [2.05, 4.69) is 10.5 Å². The lowest BCUT2D eigenvalue weighted by Gasteiger charge is -2.09. The Bertz CT molecular complexity index is 1110. The first-order valence-electron chi connectivity index (χ1n) is 9.13. The molecule has 0 atom stereocenters. The van der Waals surface area contributed by atoms with E-state index in [4.69, 9.17) is 9.26 Å². The summed E-state index contributed by atoms with van der Waals surface area (Å²) in [4.78, 5) is 12.6. The molecule has 0 aliphatic rings. The zero-order valence-electron chi connectivity index (χ0n) is 15.7. The number of carbonyl (C=O) groups is 1. The average molecular weight is 372 g/mol. The van der Waals surface area contributed by atoms with Gasteiger partial charge in [-0.2, -0.15) is 0 Å². The second kappa shape index (κ2) is 7.56. The van der Waals surface area contributed by atoms with Crippen molar-refractivity contribution in [2.45, 2.75) is 20.0 Å². The Morgan fingerprint density at radius 1 is 1.00 bits per heavy atom. The van der Waals surface area contributed by atoms with Gasteiger partial charge in [-0.1, -0.05) is 41.6 Å². The highest BCUT2D eigenvalue weighted by Crippen LogP contribution is 2.26. The number of amides is 1. The number of carbonyl (C=O) groups excluding carboxylic acids is 1. The van der Waals surface area contributed by atoms with Crippen molar-refractivity contribution in [3.63, 3.8) is 0 Å². The molecule has 140 valence electrons. The van der Waals surface area contributed by atoms with E-state index >= 15 is 0 Å². The molecule has 3 aromatic carbocycles. The fraction of sp³-hybridized carbons (Fsp3) is 0.130. The van der Waals surface area contributed by atoms with Gasteiger partial charge in [-0.25, -0.2) is 0 Å². The van der Waals surface area contributed by atoms with E-state index in [0.29, 0.717) is 5.76 Å². The lowest BCUT2D eigenvalue weighted by atomic mass is 10.1. The fourth-order valence-electron chi connectivity index (χ4n) is 3.01. The molecule has 0 aliphatic carbocycles. The fourth-order valence-corrected chi connectivity index (χ4v) is 3.01. The van der Waals surface area contributed by atoms with Crippen molar-refractivity contribution in [1.29, 1.82) is 0 Å². The molecule has 1 amide bonds. The Hall–Kier alpha value is -3.60. The van der Waals surface area contributed by atoms with Gasteiger partial charge in [0.25, 0.3) is 5.91 Å². The first-order chi connectivity index (χ1) is 13.6. The molecule has 4 aromatic rings. The normalized spacial score (nSPS) is 11.0. The first-order valence-corrected chi connectivity index (χ1v) is 9.13. The predicted molar refractivity (Wildman–Crippen MR) is 110 cm³/mol. The molecular weight excluding hydrogens is 352 g/mol.